The van der Waals surface area contributed by atoms with Gasteiger partial charge in [0.15, 0.2) is 0 Å². The van der Waals surface area contributed by atoms with Crippen LogP contribution in [0.25, 0.3) is 10.8 Å². The van der Waals surface area contributed by atoms with E-state index in [0.717, 1.165) is 6.54 Å². The zero-order chi connectivity index (χ0) is 14.3. The van der Waals surface area contributed by atoms with Crippen LogP contribution < -0.4 is 5.73 Å². The molecule has 0 saturated carbocycles. The van der Waals surface area contributed by atoms with Gasteiger partial charge in [-0.15, -0.1) is 0 Å². The monoisotopic (exact) mass is 270 g/mol. The number of aliphatic hydroxyl groups is 1. The minimum atomic E-state index is -0.260. The Morgan fingerprint density at radius 3 is 2.70 bits per heavy atom. The van der Waals surface area contributed by atoms with Crippen molar-refractivity contribution in [3.63, 3.8) is 0 Å². The second kappa shape index (κ2) is 4.85. The van der Waals surface area contributed by atoms with Gasteiger partial charge in [-0.2, -0.15) is 0 Å². The molecule has 106 valence electrons. The normalized spacial score (nSPS) is 19.5. The number of nitrogens with zero attached hydrogens (tertiary/aromatic N) is 1. The summed E-state index contributed by atoms with van der Waals surface area (Å²) < 4.78 is 0. The van der Waals surface area contributed by atoms with Gasteiger partial charge >= 0.3 is 0 Å². The van der Waals surface area contributed by atoms with Gasteiger partial charge in [-0.3, -0.25) is 4.90 Å². The van der Waals surface area contributed by atoms with Gasteiger partial charge in [0.1, 0.15) is 0 Å². The minimum absolute atomic E-state index is 0.134. The predicted octanol–water partition coefficient (Wildman–Crippen LogP) is 2.43. The molecule has 20 heavy (non-hydrogen) atoms. The standard InChI is InChI=1S/C17H22N2O/c1-17(2,11-20)19-10-15-13-6-4-3-5-12(13)7-8-14(15)16(19)9-18/h3-8,16,20H,9-11,18H2,1-2H3. The molecule has 0 aromatic heterocycles. The molecule has 1 unspecified atom stereocenters. The maximum atomic E-state index is 9.68. The Kier molecular flexibility index (Phi) is 3.28. The fourth-order valence-electron chi connectivity index (χ4n) is 3.27. The van der Waals surface area contributed by atoms with E-state index in [9.17, 15) is 5.11 Å². The van der Waals surface area contributed by atoms with Crippen molar-refractivity contribution in [2.75, 3.05) is 13.2 Å². The molecule has 0 amide bonds. The van der Waals surface area contributed by atoms with E-state index in [1.54, 1.807) is 0 Å². The highest BCUT2D eigenvalue weighted by Crippen LogP contribution is 2.41. The Morgan fingerprint density at radius 2 is 2.00 bits per heavy atom. The molecule has 2 aromatic carbocycles. The molecule has 3 rings (SSSR count). The van der Waals surface area contributed by atoms with Crippen LogP contribution in [0.5, 0.6) is 0 Å². The van der Waals surface area contributed by atoms with Crippen LogP contribution in [0.15, 0.2) is 36.4 Å². The molecule has 0 fully saturated rings. The number of rotatable bonds is 3. The highest BCUT2D eigenvalue weighted by molar-refractivity contribution is 5.87. The van der Waals surface area contributed by atoms with E-state index in [0.29, 0.717) is 6.54 Å². The van der Waals surface area contributed by atoms with Crippen molar-refractivity contribution in [3.8, 4) is 0 Å². The largest absolute Gasteiger partial charge is 0.394 e. The fraction of sp³-hybridized carbons (Fsp3) is 0.412. The Hall–Kier alpha value is -1.42. The quantitative estimate of drug-likeness (QED) is 0.900. The summed E-state index contributed by atoms with van der Waals surface area (Å²) in [5.74, 6) is 0. The number of hydrogen-bond acceptors (Lipinski definition) is 3. The molecule has 0 bridgehead atoms. The average molecular weight is 270 g/mol. The summed E-state index contributed by atoms with van der Waals surface area (Å²) in [6.07, 6.45) is 0. The van der Waals surface area contributed by atoms with Crippen LogP contribution in [0.2, 0.25) is 0 Å². The van der Waals surface area contributed by atoms with Gasteiger partial charge in [-0.25, -0.2) is 0 Å². The molecule has 0 saturated heterocycles. The highest BCUT2D eigenvalue weighted by Gasteiger charge is 2.38. The van der Waals surface area contributed by atoms with Crippen LogP contribution in [0.3, 0.4) is 0 Å². The van der Waals surface area contributed by atoms with E-state index in [2.05, 4.69) is 55.1 Å². The van der Waals surface area contributed by atoms with E-state index >= 15 is 0 Å². The third kappa shape index (κ3) is 1.94. The van der Waals surface area contributed by atoms with Gasteiger partial charge in [0.2, 0.25) is 0 Å². The molecule has 0 radical (unpaired) electrons. The average Bonchev–Trinajstić information content (AvgIpc) is 2.87. The van der Waals surface area contributed by atoms with E-state index in [1.165, 1.54) is 21.9 Å². The molecular weight excluding hydrogens is 248 g/mol. The Morgan fingerprint density at radius 1 is 1.25 bits per heavy atom. The molecule has 0 aliphatic carbocycles. The van der Waals surface area contributed by atoms with Gasteiger partial charge in [0.05, 0.1) is 6.61 Å². The topological polar surface area (TPSA) is 49.5 Å². The number of nitrogens with two attached hydrogens (primary N) is 1. The van der Waals surface area contributed by atoms with E-state index in [-0.39, 0.29) is 18.2 Å². The zero-order valence-corrected chi connectivity index (χ0v) is 12.1. The lowest BCUT2D eigenvalue weighted by molar-refractivity contribution is 0.0294. The first-order chi connectivity index (χ1) is 9.58. The number of fused-ring (bicyclic) bond motifs is 3. The van der Waals surface area contributed by atoms with Crippen molar-refractivity contribution in [1.29, 1.82) is 0 Å². The second-order valence-electron chi connectivity index (χ2n) is 6.20. The number of hydrogen-bond donors (Lipinski definition) is 2. The van der Waals surface area contributed by atoms with Crippen LogP contribution in [0, 0.1) is 0 Å². The third-order valence-electron chi connectivity index (χ3n) is 4.53. The van der Waals surface area contributed by atoms with Crippen molar-refractivity contribution in [2.45, 2.75) is 32.0 Å². The highest BCUT2D eigenvalue weighted by atomic mass is 16.3. The van der Waals surface area contributed by atoms with Gasteiger partial charge in [0.25, 0.3) is 0 Å². The summed E-state index contributed by atoms with van der Waals surface area (Å²) in [6, 6.07) is 13.0. The minimum Gasteiger partial charge on any atom is -0.394 e. The number of benzene rings is 2. The van der Waals surface area contributed by atoms with Gasteiger partial charge in [-0.1, -0.05) is 36.4 Å². The SMILES string of the molecule is CC(C)(CO)N1Cc2c(ccc3ccccc23)C1CN. The van der Waals surface area contributed by atoms with Crippen molar-refractivity contribution >= 4 is 10.8 Å². The van der Waals surface area contributed by atoms with Crippen LogP contribution in [0.1, 0.15) is 31.0 Å². The second-order valence-corrected chi connectivity index (χ2v) is 6.20. The van der Waals surface area contributed by atoms with Crippen molar-refractivity contribution in [1.82, 2.24) is 4.90 Å². The van der Waals surface area contributed by atoms with E-state index < -0.39 is 0 Å². The Bertz CT molecular complexity index is 636. The van der Waals surface area contributed by atoms with Crippen LogP contribution >= 0.6 is 0 Å². The molecule has 3 nitrogen and oxygen atoms in total. The van der Waals surface area contributed by atoms with Gasteiger partial charge in [-0.05, 0) is 35.7 Å². The summed E-state index contributed by atoms with van der Waals surface area (Å²) >= 11 is 0. The van der Waals surface area contributed by atoms with E-state index in [1.807, 2.05) is 0 Å². The molecule has 2 aromatic rings. The maximum absolute atomic E-state index is 9.68. The summed E-state index contributed by atoms with van der Waals surface area (Å²) in [7, 11) is 0. The third-order valence-corrected chi connectivity index (χ3v) is 4.53. The zero-order valence-electron chi connectivity index (χ0n) is 12.1. The molecule has 1 atom stereocenters. The maximum Gasteiger partial charge on any atom is 0.0610 e. The van der Waals surface area contributed by atoms with Crippen LogP contribution in [-0.2, 0) is 6.54 Å². The summed E-state index contributed by atoms with van der Waals surface area (Å²) in [6.45, 7) is 5.71. The van der Waals surface area contributed by atoms with Crippen LogP contribution in [0.4, 0.5) is 0 Å². The molecular formula is C17H22N2O. The summed E-state index contributed by atoms with van der Waals surface area (Å²) in [4.78, 5) is 2.32. The van der Waals surface area contributed by atoms with Crippen molar-refractivity contribution in [2.24, 2.45) is 5.73 Å². The van der Waals surface area contributed by atoms with Gasteiger partial charge < -0.3 is 10.8 Å². The molecule has 1 aliphatic heterocycles. The molecule has 1 heterocycles. The first-order valence-electron chi connectivity index (χ1n) is 7.16. The van der Waals surface area contributed by atoms with Crippen LogP contribution in [-0.4, -0.2) is 28.7 Å². The summed E-state index contributed by atoms with van der Waals surface area (Å²) in [5, 5.41) is 12.3. The number of aliphatic hydroxyl groups excluding tert-OH is 1. The van der Waals surface area contributed by atoms with E-state index in [4.69, 9.17) is 5.73 Å². The first kappa shape index (κ1) is 13.6. The predicted molar refractivity (Wildman–Crippen MR) is 82.5 cm³/mol. The molecule has 1 aliphatic rings. The van der Waals surface area contributed by atoms with Crippen molar-refractivity contribution in [3.05, 3.63) is 47.5 Å². The smallest absolute Gasteiger partial charge is 0.0610 e. The fourth-order valence-corrected chi connectivity index (χ4v) is 3.27. The van der Waals surface area contributed by atoms with Crippen molar-refractivity contribution < 1.29 is 5.11 Å². The lowest BCUT2D eigenvalue weighted by atomic mass is 9.97. The Labute approximate surface area is 120 Å². The Balaban J connectivity index is 2.14. The molecule has 3 N–H and O–H groups in total. The molecule has 3 heteroatoms. The first-order valence-corrected chi connectivity index (χ1v) is 7.16. The van der Waals surface area contributed by atoms with Gasteiger partial charge in [0, 0.05) is 24.7 Å². The lowest BCUT2D eigenvalue weighted by Gasteiger charge is -2.38. The summed E-state index contributed by atoms with van der Waals surface area (Å²) in [5.41, 5.74) is 8.43. The molecule has 0 spiro atoms. The lowest BCUT2D eigenvalue weighted by Crippen LogP contribution is -2.47.